The van der Waals surface area contributed by atoms with Gasteiger partial charge in [-0.05, 0) is 25.5 Å². The molecule has 13 heavy (non-hydrogen) atoms. The van der Waals surface area contributed by atoms with Crippen molar-refractivity contribution in [2.24, 2.45) is 0 Å². The van der Waals surface area contributed by atoms with Gasteiger partial charge in [0.15, 0.2) is 0 Å². The summed E-state index contributed by atoms with van der Waals surface area (Å²) in [5, 5.41) is 8.07. The lowest BCUT2D eigenvalue weighted by Gasteiger charge is -2.02. The SMILES string of the molecule is Cc1cccc2c(=O)[nH]nc(C)c12. The number of H-pyrrole nitrogens is 1. The molecule has 0 saturated heterocycles. The van der Waals surface area contributed by atoms with Gasteiger partial charge in [0.05, 0.1) is 11.1 Å². The van der Waals surface area contributed by atoms with Crippen LogP contribution in [-0.4, -0.2) is 10.2 Å². The first-order valence-corrected chi connectivity index (χ1v) is 4.15. The highest BCUT2D eigenvalue weighted by Crippen LogP contribution is 2.16. The molecular weight excluding hydrogens is 164 g/mol. The van der Waals surface area contributed by atoms with Crippen molar-refractivity contribution in [1.82, 2.24) is 10.2 Å². The smallest absolute Gasteiger partial charge is 0.267 e. The van der Waals surface area contributed by atoms with Gasteiger partial charge in [-0.2, -0.15) is 5.10 Å². The molecule has 1 aromatic heterocycles. The Balaban J connectivity index is 3.09. The lowest BCUT2D eigenvalue weighted by Crippen LogP contribution is -2.09. The fraction of sp³-hybridized carbons (Fsp3) is 0.200. The van der Waals surface area contributed by atoms with Gasteiger partial charge >= 0.3 is 0 Å². The minimum Gasteiger partial charge on any atom is -0.267 e. The van der Waals surface area contributed by atoms with Crippen LogP contribution >= 0.6 is 0 Å². The quantitative estimate of drug-likeness (QED) is 0.658. The summed E-state index contributed by atoms with van der Waals surface area (Å²) in [5.74, 6) is 0. The van der Waals surface area contributed by atoms with E-state index < -0.39 is 0 Å². The Kier molecular flexibility index (Phi) is 1.65. The second kappa shape index (κ2) is 2.69. The summed E-state index contributed by atoms with van der Waals surface area (Å²) in [6, 6.07) is 5.68. The zero-order valence-corrected chi connectivity index (χ0v) is 7.59. The highest BCUT2D eigenvalue weighted by molar-refractivity contribution is 5.86. The Morgan fingerprint density at radius 2 is 2.08 bits per heavy atom. The summed E-state index contributed by atoms with van der Waals surface area (Å²) in [7, 11) is 0. The monoisotopic (exact) mass is 174 g/mol. The van der Waals surface area contributed by atoms with E-state index in [1.807, 2.05) is 32.0 Å². The summed E-state index contributed by atoms with van der Waals surface area (Å²) in [5.41, 5.74) is 1.84. The molecule has 0 bridgehead atoms. The van der Waals surface area contributed by atoms with Crippen LogP contribution in [-0.2, 0) is 0 Å². The molecule has 0 spiro atoms. The summed E-state index contributed by atoms with van der Waals surface area (Å²) < 4.78 is 0. The van der Waals surface area contributed by atoms with E-state index in [9.17, 15) is 4.79 Å². The largest absolute Gasteiger partial charge is 0.272 e. The number of aromatic nitrogens is 2. The number of rotatable bonds is 0. The average molecular weight is 174 g/mol. The Morgan fingerprint density at radius 1 is 1.31 bits per heavy atom. The Bertz CT molecular complexity index is 506. The minimum absolute atomic E-state index is 0.121. The maximum atomic E-state index is 11.4. The lowest BCUT2D eigenvalue weighted by atomic mass is 10.1. The molecule has 3 nitrogen and oxygen atoms in total. The van der Waals surface area contributed by atoms with Gasteiger partial charge in [0.2, 0.25) is 0 Å². The van der Waals surface area contributed by atoms with Crippen LogP contribution in [0.15, 0.2) is 23.0 Å². The molecule has 2 aromatic rings. The van der Waals surface area contributed by atoms with E-state index in [1.54, 1.807) is 0 Å². The number of hydrogen-bond donors (Lipinski definition) is 1. The van der Waals surface area contributed by atoms with E-state index in [0.29, 0.717) is 5.39 Å². The molecule has 0 unspecified atom stereocenters. The number of aryl methyl sites for hydroxylation is 2. The number of nitrogens with one attached hydrogen (secondary N) is 1. The van der Waals surface area contributed by atoms with Gasteiger partial charge < -0.3 is 0 Å². The molecule has 0 aliphatic rings. The van der Waals surface area contributed by atoms with Crippen LogP contribution in [0.1, 0.15) is 11.3 Å². The zero-order valence-electron chi connectivity index (χ0n) is 7.59. The van der Waals surface area contributed by atoms with E-state index in [2.05, 4.69) is 10.2 Å². The van der Waals surface area contributed by atoms with Crippen molar-refractivity contribution in [2.45, 2.75) is 13.8 Å². The number of nitrogens with zero attached hydrogens (tertiary/aromatic N) is 1. The lowest BCUT2D eigenvalue weighted by molar-refractivity contribution is 0.969. The number of benzene rings is 1. The van der Waals surface area contributed by atoms with Crippen LogP contribution in [0.25, 0.3) is 10.8 Å². The molecule has 66 valence electrons. The van der Waals surface area contributed by atoms with E-state index >= 15 is 0 Å². The molecule has 0 aliphatic heterocycles. The van der Waals surface area contributed by atoms with Gasteiger partial charge in [0.1, 0.15) is 0 Å². The van der Waals surface area contributed by atoms with Gasteiger partial charge in [-0.3, -0.25) is 4.79 Å². The first-order chi connectivity index (χ1) is 6.20. The second-order valence-corrected chi connectivity index (χ2v) is 3.14. The third kappa shape index (κ3) is 1.13. The summed E-state index contributed by atoms with van der Waals surface area (Å²) >= 11 is 0. The number of hydrogen-bond acceptors (Lipinski definition) is 2. The first kappa shape index (κ1) is 7.98. The van der Waals surface area contributed by atoms with E-state index in [0.717, 1.165) is 16.6 Å². The molecule has 1 heterocycles. The highest BCUT2D eigenvalue weighted by Gasteiger charge is 2.03. The summed E-state index contributed by atoms with van der Waals surface area (Å²) in [6.07, 6.45) is 0. The van der Waals surface area contributed by atoms with Crippen molar-refractivity contribution in [3.63, 3.8) is 0 Å². The van der Waals surface area contributed by atoms with Crippen LogP contribution in [0.3, 0.4) is 0 Å². The maximum absolute atomic E-state index is 11.4. The van der Waals surface area contributed by atoms with Gasteiger partial charge in [-0.1, -0.05) is 12.1 Å². The molecule has 1 N–H and O–H groups in total. The van der Waals surface area contributed by atoms with Crippen molar-refractivity contribution >= 4 is 10.8 Å². The predicted molar refractivity (Wildman–Crippen MR) is 51.8 cm³/mol. The number of aromatic amines is 1. The van der Waals surface area contributed by atoms with Crippen molar-refractivity contribution in [1.29, 1.82) is 0 Å². The topological polar surface area (TPSA) is 45.8 Å². The molecule has 0 fully saturated rings. The van der Waals surface area contributed by atoms with E-state index in [-0.39, 0.29) is 5.56 Å². The van der Waals surface area contributed by atoms with Crippen molar-refractivity contribution in [2.75, 3.05) is 0 Å². The molecule has 2 rings (SSSR count). The standard InChI is InChI=1S/C10H10N2O/c1-6-4-3-5-8-9(6)7(2)11-12-10(8)13/h3-5H,1-2H3,(H,12,13). The third-order valence-electron chi connectivity index (χ3n) is 2.20. The fourth-order valence-corrected chi connectivity index (χ4v) is 1.59. The molecule has 3 heteroatoms. The fourth-order valence-electron chi connectivity index (χ4n) is 1.59. The average Bonchev–Trinajstić information content (AvgIpc) is 2.12. The Labute approximate surface area is 75.4 Å². The van der Waals surface area contributed by atoms with Crippen molar-refractivity contribution < 1.29 is 0 Å². The van der Waals surface area contributed by atoms with Crippen LogP contribution in [0, 0.1) is 13.8 Å². The summed E-state index contributed by atoms with van der Waals surface area (Å²) in [4.78, 5) is 11.4. The molecule has 0 amide bonds. The predicted octanol–water partition coefficient (Wildman–Crippen LogP) is 1.54. The van der Waals surface area contributed by atoms with Crippen molar-refractivity contribution in [3.05, 3.63) is 39.8 Å². The number of fused-ring (bicyclic) bond motifs is 1. The van der Waals surface area contributed by atoms with Crippen LogP contribution in [0.2, 0.25) is 0 Å². The van der Waals surface area contributed by atoms with Crippen LogP contribution in [0.5, 0.6) is 0 Å². The van der Waals surface area contributed by atoms with Gasteiger partial charge in [0, 0.05) is 5.39 Å². The van der Waals surface area contributed by atoms with Gasteiger partial charge in [-0.25, -0.2) is 5.10 Å². The maximum Gasteiger partial charge on any atom is 0.272 e. The van der Waals surface area contributed by atoms with Crippen LogP contribution < -0.4 is 5.56 Å². The van der Waals surface area contributed by atoms with Gasteiger partial charge in [-0.15, -0.1) is 0 Å². The zero-order chi connectivity index (χ0) is 9.42. The molecule has 0 radical (unpaired) electrons. The molecular formula is C10H10N2O. The van der Waals surface area contributed by atoms with Crippen LogP contribution in [0.4, 0.5) is 0 Å². The second-order valence-electron chi connectivity index (χ2n) is 3.14. The van der Waals surface area contributed by atoms with Crippen molar-refractivity contribution in [3.8, 4) is 0 Å². The molecule has 1 aromatic carbocycles. The molecule has 0 saturated carbocycles. The van der Waals surface area contributed by atoms with Gasteiger partial charge in [0.25, 0.3) is 5.56 Å². The molecule has 0 atom stereocenters. The van der Waals surface area contributed by atoms with E-state index in [1.165, 1.54) is 0 Å². The normalized spacial score (nSPS) is 10.6. The Hall–Kier alpha value is -1.64. The third-order valence-corrected chi connectivity index (χ3v) is 2.20. The minimum atomic E-state index is -0.121. The Morgan fingerprint density at radius 3 is 2.77 bits per heavy atom. The summed E-state index contributed by atoms with van der Waals surface area (Å²) in [6.45, 7) is 3.88. The molecule has 0 aliphatic carbocycles. The van der Waals surface area contributed by atoms with E-state index in [4.69, 9.17) is 0 Å². The first-order valence-electron chi connectivity index (χ1n) is 4.15. The highest BCUT2D eigenvalue weighted by atomic mass is 16.1.